The average molecular weight is 362 g/mol. The average Bonchev–Trinajstić information content (AvgIpc) is 3.17. The molecule has 1 fully saturated rings. The van der Waals surface area contributed by atoms with E-state index in [2.05, 4.69) is 56.5 Å². The highest BCUT2D eigenvalue weighted by Crippen LogP contribution is 2.27. The highest BCUT2D eigenvalue weighted by Gasteiger charge is 2.22. The first-order valence-electron chi connectivity index (χ1n) is 9.56. The Hall–Kier alpha value is -2.79. The third kappa shape index (κ3) is 3.98. The van der Waals surface area contributed by atoms with Gasteiger partial charge in [-0.25, -0.2) is 0 Å². The number of benzene rings is 2. The Bertz CT molecular complexity index is 897. The van der Waals surface area contributed by atoms with Crippen molar-refractivity contribution in [2.24, 2.45) is 0 Å². The molecule has 1 atom stereocenters. The fourth-order valence-corrected chi connectivity index (χ4v) is 3.94. The van der Waals surface area contributed by atoms with Gasteiger partial charge in [-0.3, -0.25) is 9.69 Å². The lowest BCUT2D eigenvalue weighted by Crippen LogP contribution is -2.49. The van der Waals surface area contributed by atoms with Crippen LogP contribution in [0.1, 0.15) is 18.5 Å². The normalized spacial score (nSPS) is 16.4. The minimum absolute atomic E-state index is 0.0154. The maximum atomic E-state index is 11.7. The van der Waals surface area contributed by atoms with Crippen LogP contribution in [0.2, 0.25) is 0 Å². The van der Waals surface area contributed by atoms with E-state index >= 15 is 0 Å². The summed E-state index contributed by atoms with van der Waals surface area (Å²) in [5, 5.41) is 4.39. The Morgan fingerprint density at radius 3 is 2.56 bits per heavy atom. The number of fused-ring (bicyclic) bond motifs is 1. The van der Waals surface area contributed by atoms with Gasteiger partial charge in [-0.1, -0.05) is 36.4 Å². The Labute approximate surface area is 160 Å². The minimum Gasteiger partial charge on any atom is -0.368 e. The highest BCUT2D eigenvalue weighted by atomic mass is 16.1. The van der Waals surface area contributed by atoms with Crippen LogP contribution in [0.5, 0.6) is 0 Å². The molecule has 1 amide bonds. The molecule has 3 aromatic rings. The van der Waals surface area contributed by atoms with E-state index in [9.17, 15) is 4.79 Å². The monoisotopic (exact) mass is 362 g/mol. The Morgan fingerprint density at radius 1 is 1.04 bits per heavy atom. The van der Waals surface area contributed by atoms with Crippen molar-refractivity contribution in [2.45, 2.75) is 13.0 Å². The van der Waals surface area contributed by atoms with Gasteiger partial charge in [-0.2, -0.15) is 0 Å². The van der Waals surface area contributed by atoms with Gasteiger partial charge < -0.3 is 15.2 Å². The van der Waals surface area contributed by atoms with Gasteiger partial charge in [0.2, 0.25) is 5.91 Å². The number of nitrogens with zero attached hydrogens (tertiary/aromatic N) is 2. The molecule has 140 valence electrons. The van der Waals surface area contributed by atoms with E-state index in [0.29, 0.717) is 0 Å². The molecule has 1 aromatic heterocycles. The van der Waals surface area contributed by atoms with Crippen LogP contribution in [-0.4, -0.2) is 48.5 Å². The van der Waals surface area contributed by atoms with E-state index in [4.69, 9.17) is 0 Å². The summed E-state index contributed by atoms with van der Waals surface area (Å²) >= 11 is 0. The summed E-state index contributed by atoms with van der Waals surface area (Å²) in [7, 11) is 0. The Morgan fingerprint density at radius 2 is 1.81 bits per heavy atom. The third-order valence-electron chi connectivity index (χ3n) is 5.31. The summed E-state index contributed by atoms with van der Waals surface area (Å²) in [6, 6.07) is 18.9. The van der Waals surface area contributed by atoms with E-state index in [0.717, 1.165) is 38.3 Å². The molecule has 5 nitrogen and oxygen atoms in total. The molecular formula is C22H26N4O. The molecule has 0 spiro atoms. The fraction of sp³-hybridized carbons (Fsp3) is 0.318. The molecule has 1 unspecified atom stereocenters. The first-order chi connectivity index (χ1) is 13.2. The number of nitrogens with one attached hydrogen (secondary N) is 2. The Balaban J connectivity index is 1.42. The van der Waals surface area contributed by atoms with Crippen LogP contribution in [0.4, 0.5) is 5.69 Å². The van der Waals surface area contributed by atoms with Crippen molar-refractivity contribution < 1.29 is 4.79 Å². The number of aromatic amines is 1. The number of hydrogen-bond donors (Lipinski definition) is 2. The van der Waals surface area contributed by atoms with E-state index < -0.39 is 0 Å². The second kappa shape index (κ2) is 7.84. The Kier molecular flexibility index (Phi) is 5.12. The molecule has 2 aromatic carbocycles. The molecule has 2 heterocycles. The second-order valence-electron chi connectivity index (χ2n) is 7.17. The molecule has 1 aliphatic rings. The smallest absolute Gasteiger partial charge is 0.217 e. The van der Waals surface area contributed by atoms with Gasteiger partial charge in [0.25, 0.3) is 0 Å². The predicted octanol–water partition coefficient (Wildman–Crippen LogP) is 3.17. The number of rotatable bonds is 5. The largest absolute Gasteiger partial charge is 0.368 e. The lowest BCUT2D eigenvalue weighted by atomic mass is 10.1. The van der Waals surface area contributed by atoms with Crippen LogP contribution in [0.15, 0.2) is 60.8 Å². The zero-order chi connectivity index (χ0) is 18.6. The van der Waals surface area contributed by atoms with Gasteiger partial charge in [0.05, 0.1) is 6.04 Å². The fourth-order valence-electron chi connectivity index (χ4n) is 3.94. The van der Waals surface area contributed by atoms with Gasteiger partial charge >= 0.3 is 0 Å². The highest BCUT2D eigenvalue weighted by molar-refractivity contribution is 5.92. The zero-order valence-electron chi connectivity index (χ0n) is 15.7. The van der Waals surface area contributed by atoms with Crippen LogP contribution < -0.4 is 10.2 Å². The molecule has 0 radical (unpaired) electrons. The second-order valence-corrected chi connectivity index (χ2v) is 7.17. The first-order valence-corrected chi connectivity index (χ1v) is 9.56. The quantitative estimate of drug-likeness (QED) is 0.733. The van der Waals surface area contributed by atoms with E-state index in [1.165, 1.54) is 16.6 Å². The molecule has 5 heteroatoms. The number of carbonyl (C=O) groups is 1. The summed E-state index contributed by atoms with van der Waals surface area (Å²) in [4.78, 5) is 19.9. The van der Waals surface area contributed by atoms with Crippen LogP contribution in [0.3, 0.4) is 0 Å². The zero-order valence-corrected chi connectivity index (χ0v) is 15.7. The van der Waals surface area contributed by atoms with Crippen molar-refractivity contribution in [3.63, 3.8) is 0 Å². The van der Waals surface area contributed by atoms with E-state index in [1.807, 2.05) is 24.4 Å². The van der Waals surface area contributed by atoms with Crippen LogP contribution in [0.25, 0.3) is 10.9 Å². The topological polar surface area (TPSA) is 51.4 Å². The van der Waals surface area contributed by atoms with Gasteiger partial charge in [-0.05, 0) is 23.8 Å². The summed E-state index contributed by atoms with van der Waals surface area (Å²) in [6.07, 6.45) is 2.00. The maximum Gasteiger partial charge on any atom is 0.217 e. The van der Waals surface area contributed by atoms with Crippen molar-refractivity contribution in [1.82, 2.24) is 15.2 Å². The van der Waals surface area contributed by atoms with E-state index in [1.54, 1.807) is 6.92 Å². The number of aromatic nitrogens is 1. The predicted molar refractivity (Wildman–Crippen MR) is 110 cm³/mol. The molecule has 0 saturated carbocycles. The molecule has 0 bridgehead atoms. The molecular weight excluding hydrogens is 336 g/mol. The van der Waals surface area contributed by atoms with Crippen molar-refractivity contribution in [3.05, 3.63) is 66.4 Å². The van der Waals surface area contributed by atoms with Gasteiger partial charge in [0.15, 0.2) is 0 Å². The number of H-pyrrole nitrogens is 1. The van der Waals surface area contributed by atoms with Crippen molar-refractivity contribution in [1.29, 1.82) is 0 Å². The standard InChI is InChI=1S/C22H26N4O/c1-17(27)24-21(18-6-3-2-4-7-18)16-25-12-14-26(15-13-25)22-9-5-8-20-19(22)10-11-23-20/h2-11,21,23H,12-16H2,1H3,(H,24,27). The lowest BCUT2D eigenvalue weighted by molar-refractivity contribution is -0.119. The van der Waals surface area contributed by atoms with Crippen LogP contribution >= 0.6 is 0 Å². The molecule has 1 aliphatic heterocycles. The third-order valence-corrected chi connectivity index (χ3v) is 5.31. The molecule has 1 saturated heterocycles. The summed E-state index contributed by atoms with van der Waals surface area (Å²) < 4.78 is 0. The first kappa shape index (κ1) is 17.6. The number of hydrogen-bond acceptors (Lipinski definition) is 3. The van der Waals surface area contributed by atoms with E-state index in [-0.39, 0.29) is 11.9 Å². The summed E-state index contributed by atoms with van der Waals surface area (Å²) in [5.41, 5.74) is 3.65. The molecule has 0 aliphatic carbocycles. The number of carbonyl (C=O) groups excluding carboxylic acids is 1. The van der Waals surface area contributed by atoms with Gasteiger partial charge in [-0.15, -0.1) is 0 Å². The van der Waals surface area contributed by atoms with Crippen molar-refractivity contribution >= 4 is 22.5 Å². The molecule has 4 rings (SSSR count). The van der Waals surface area contributed by atoms with Crippen molar-refractivity contribution in [2.75, 3.05) is 37.6 Å². The minimum atomic E-state index is 0.0154. The maximum absolute atomic E-state index is 11.7. The van der Waals surface area contributed by atoms with Crippen LogP contribution in [-0.2, 0) is 4.79 Å². The number of anilines is 1. The molecule has 27 heavy (non-hydrogen) atoms. The lowest BCUT2D eigenvalue weighted by Gasteiger charge is -2.38. The molecule has 2 N–H and O–H groups in total. The SMILES string of the molecule is CC(=O)NC(CN1CCN(c2cccc3[nH]ccc23)CC1)c1ccccc1. The summed E-state index contributed by atoms with van der Waals surface area (Å²) in [5.74, 6) is 0.0154. The van der Waals surface area contributed by atoms with Crippen LogP contribution in [0, 0.1) is 0 Å². The number of amides is 1. The van der Waals surface area contributed by atoms with Gasteiger partial charge in [0.1, 0.15) is 0 Å². The van der Waals surface area contributed by atoms with Crippen molar-refractivity contribution in [3.8, 4) is 0 Å². The van der Waals surface area contributed by atoms with Gasteiger partial charge in [0, 0.05) is 62.4 Å². The number of piperazine rings is 1. The summed E-state index contributed by atoms with van der Waals surface area (Å²) in [6.45, 7) is 6.39.